The van der Waals surface area contributed by atoms with Crippen LogP contribution in [0.25, 0.3) is 0 Å². The topological polar surface area (TPSA) is 64.0 Å². The summed E-state index contributed by atoms with van der Waals surface area (Å²) < 4.78 is 7.65. The maximum Gasteiger partial charge on any atom is 0.123 e. The number of halogens is 1. The smallest absolute Gasteiger partial charge is 0.123 e. The van der Waals surface area contributed by atoms with Crippen molar-refractivity contribution >= 4 is 29.1 Å². The number of anilines is 1. The average molecular weight is 334 g/mol. The van der Waals surface area contributed by atoms with E-state index in [1.807, 2.05) is 28.8 Å². The lowest BCUT2D eigenvalue weighted by atomic mass is 10.2. The van der Waals surface area contributed by atoms with Gasteiger partial charge in [0.1, 0.15) is 16.8 Å². The lowest BCUT2D eigenvalue weighted by Gasteiger charge is -2.15. The molecule has 1 aliphatic heterocycles. The molecule has 1 aliphatic rings. The monoisotopic (exact) mass is 333 g/mol. The summed E-state index contributed by atoms with van der Waals surface area (Å²) in [5, 5.41) is 10.9. The van der Waals surface area contributed by atoms with Crippen molar-refractivity contribution in [1.82, 2.24) is 4.57 Å². The molecule has 1 saturated heterocycles. The molecule has 0 saturated carbocycles. The van der Waals surface area contributed by atoms with Crippen LogP contribution in [-0.2, 0) is 11.3 Å². The Morgan fingerprint density at radius 1 is 1.41 bits per heavy atom. The molecular formula is C16H16ClN3OS. The van der Waals surface area contributed by atoms with Crippen molar-refractivity contribution in [3.63, 3.8) is 0 Å². The number of benzene rings is 1. The number of nitrogens with two attached hydrogens (primary N) is 1. The molecular weight excluding hydrogens is 318 g/mol. The van der Waals surface area contributed by atoms with Gasteiger partial charge in [-0.3, -0.25) is 0 Å². The van der Waals surface area contributed by atoms with Gasteiger partial charge in [-0.2, -0.15) is 5.26 Å². The van der Waals surface area contributed by atoms with Gasteiger partial charge >= 0.3 is 0 Å². The molecule has 0 aliphatic carbocycles. The minimum Gasteiger partial charge on any atom is -0.397 e. The SMILES string of the molecule is N#Cc1cc(N)c(Sc2ccc(Cl)cc2)n1C[C@H]1CCCO1. The molecule has 1 fully saturated rings. The van der Waals surface area contributed by atoms with Crippen molar-refractivity contribution in [2.24, 2.45) is 0 Å². The first-order valence-electron chi connectivity index (χ1n) is 7.11. The molecule has 0 unspecified atom stereocenters. The van der Waals surface area contributed by atoms with Crippen LogP contribution in [0, 0.1) is 11.3 Å². The second kappa shape index (κ2) is 6.66. The predicted molar refractivity (Wildman–Crippen MR) is 88.1 cm³/mol. The Morgan fingerprint density at radius 3 is 2.82 bits per heavy atom. The van der Waals surface area contributed by atoms with Crippen molar-refractivity contribution in [2.45, 2.75) is 35.4 Å². The Labute approximate surface area is 138 Å². The predicted octanol–water partition coefficient (Wildman–Crippen LogP) is 3.93. The van der Waals surface area contributed by atoms with E-state index in [9.17, 15) is 5.26 Å². The molecule has 3 rings (SSSR count). The van der Waals surface area contributed by atoms with Crippen LogP contribution in [-0.4, -0.2) is 17.3 Å². The highest BCUT2D eigenvalue weighted by Crippen LogP contribution is 2.35. The zero-order valence-corrected chi connectivity index (χ0v) is 13.5. The second-order valence-corrected chi connectivity index (χ2v) is 6.70. The Hall–Kier alpha value is -1.61. The van der Waals surface area contributed by atoms with Gasteiger partial charge in [0.15, 0.2) is 0 Å². The van der Waals surface area contributed by atoms with E-state index in [4.69, 9.17) is 22.1 Å². The third-order valence-corrected chi connectivity index (χ3v) is 5.04. The average Bonchev–Trinajstić information content (AvgIpc) is 3.12. The van der Waals surface area contributed by atoms with Gasteiger partial charge in [0.05, 0.1) is 18.3 Å². The van der Waals surface area contributed by atoms with E-state index in [-0.39, 0.29) is 6.10 Å². The molecule has 1 aromatic carbocycles. The molecule has 0 radical (unpaired) electrons. The van der Waals surface area contributed by atoms with Crippen molar-refractivity contribution in [1.29, 1.82) is 5.26 Å². The number of nitrogen functional groups attached to an aromatic ring is 1. The van der Waals surface area contributed by atoms with Gasteiger partial charge < -0.3 is 15.0 Å². The van der Waals surface area contributed by atoms with E-state index in [0.29, 0.717) is 22.9 Å². The number of nitriles is 1. The number of hydrogen-bond acceptors (Lipinski definition) is 4. The summed E-state index contributed by atoms with van der Waals surface area (Å²) in [6.45, 7) is 1.46. The van der Waals surface area contributed by atoms with Crippen LogP contribution in [0.1, 0.15) is 18.5 Å². The quantitative estimate of drug-likeness (QED) is 0.920. The molecule has 1 atom stereocenters. The maximum atomic E-state index is 9.34. The fraction of sp³-hybridized carbons (Fsp3) is 0.312. The normalized spacial score (nSPS) is 17.5. The summed E-state index contributed by atoms with van der Waals surface area (Å²) in [7, 11) is 0. The molecule has 22 heavy (non-hydrogen) atoms. The fourth-order valence-corrected chi connectivity index (χ4v) is 3.63. The highest BCUT2D eigenvalue weighted by Gasteiger charge is 2.21. The Kier molecular flexibility index (Phi) is 4.63. The first kappa shape index (κ1) is 15.3. The standard InChI is InChI=1S/C16H16ClN3OS/c17-11-3-5-14(6-4-11)22-16-15(19)8-12(9-18)20(16)10-13-2-1-7-21-13/h3-6,8,13H,1-2,7,10,19H2/t13-/m1/s1. The van der Waals surface area contributed by atoms with Crippen molar-refractivity contribution in [3.8, 4) is 6.07 Å². The van der Waals surface area contributed by atoms with Crippen LogP contribution < -0.4 is 5.73 Å². The summed E-state index contributed by atoms with van der Waals surface area (Å²) >= 11 is 7.46. The molecule has 2 N–H and O–H groups in total. The minimum atomic E-state index is 0.156. The van der Waals surface area contributed by atoms with Gasteiger partial charge in [-0.25, -0.2) is 0 Å². The Morgan fingerprint density at radius 2 is 2.18 bits per heavy atom. The molecule has 2 heterocycles. The maximum absolute atomic E-state index is 9.34. The minimum absolute atomic E-state index is 0.156. The third-order valence-electron chi connectivity index (χ3n) is 3.63. The number of hydrogen-bond donors (Lipinski definition) is 1. The molecule has 6 heteroatoms. The Bertz CT molecular complexity index is 699. The lowest BCUT2D eigenvalue weighted by Crippen LogP contribution is -2.16. The van der Waals surface area contributed by atoms with Crippen LogP contribution in [0.5, 0.6) is 0 Å². The summed E-state index contributed by atoms with van der Waals surface area (Å²) in [4.78, 5) is 1.03. The van der Waals surface area contributed by atoms with Crippen molar-refractivity contribution in [3.05, 3.63) is 41.0 Å². The zero-order valence-electron chi connectivity index (χ0n) is 12.0. The second-order valence-electron chi connectivity index (χ2n) is 5.20. The van der Waals surface area contributed by atoms with Gasteiger partial charge in [0.25, 0.3) is 0 Å². The highest BCUT2D eigenvalue weighted by atomic mass is 35.5. The van der Waals surface area contributed by atoms with Crippen molar-refractivity contribution < 1.29 is 4.74 Å². The summed E-state index contributed by atoms with van der Waals surface area (Å²) in [5.41, 5.74) is 7.30. The molecule has 4 nitrogen and oxygen atoms in total. The van der Waals surface area contributed by atoms with Crippen LogP contribution in [0.15, 0.2) is 40.3 Å². The van der Waals surface area contributed by atoms with Gasteiger partial charge in [-0.1, -0.05) is 23.4 Å². The fourth-order valence-electron chi connectivity index (χ4n) is 2.55. The highest BCUT2D eigenvalue weighted by molar-refractivity contribution is 7.99. The van der Waals surface area contributed by atoms with Crippen LogP contribution in [0.3, 0.4) is 0 Å². The van der Waals surface area contributed by atoms with E-state index >= 15 is 0 Å². The van der Waals surface area contributed by atoms with E-state index < -0.39 is 0 Å². The number of rotatable bonds is 4. The molecule has 1 aromatic heterocycles. The number of ether oxygens (including phenoxy) is 1. The molecule has 114 valence electrons. The zero-order chi connectivity index (χ0) is 15.5. The third kappa shape index (κ3) is 3.25. The number of nitrogens with zero attached hydrogens (tertiary/aromatic N) is 2. The Balaban J connectivity index is 1.90. The van der Waals surface area contributed by atoms with Crippen LogP contribution in [0.2, 0.25) is 5.02 Å². The molecule has 0 amide bonds. The summed E-state index contributed by atoms with van der Waals surface area (Å²) in [6.07, 6.45) is 2.25. The van der Waals surface area contributed by atoms with E-state index in [0.717, 1.165) is 29.4 Å². The van der Waals surface area contributed by atoms with E-state index in [1.165, 1.54) is 0 Å². The summed E-state index contributed by atoms with van der Waals surface area (Å²) in [5.74, 6) is 0. The molecule has 0 spiro atoms. The van der Waals surface area contributed by atoms with Crippen LogP contribution in [0.4, 0.5) is 5.69 Å². The van der Waals surface area contributed by atoms with Gasteiger partial charge in [0.2, 0.25) is 0 Å². The first-order valence-corrected chi connectivity index (χ1v) is 8.31. The number of aromatic nitrogens is 1. The van der Waals surface area contributed by atoms with Gasteiger partial charge in [-0.05, 0) is 43.2 Å². The van der Waals surface area contributed by atoms with Crippen molar-refractivity contribution in [2.75, 3.05) is 12.3 Å². The lowest BCUT2D eigenvalue weighted by molar-refractivity contribution is 0.0951. The van der Waals surface area contributed by atoms with Gasteiger partial charge in [-0.15, -0.1) is 0 Å². The van der Waals surface area contributed by atoms with E-state index in [1.54, 1.807) is 17.8 Å². The largest absolute Gasteiger partial charge is 0.397 e. The summed E-state index contributed by atoms with van der Waals surface area (Å²) in [6, 6.07) is 11.5. The van der Waals surface area contributed by atoms with Gasteiger partial charge in [0, 0.05) is 16.5 Å². The molecule has 0 bridgehead atoms. The van der Waals surface area contributed by atoms with Crippen LogP contribution >= 0.6 is 23.4 Å². The molecule has 2 aromatic rings. The van der Waals surface area contributed by atoms with E-state index in [2.05, 4.69) is 6.07 Å². The first-order chi connectivity index (χ1) is 10.7.